The molecule has 1 aromatic heterocycles. The van der Waals surface area contributed by atoms with E-state index in [-0.39, 0.29) is 18.0 Å². The molecule has 1 atom stereocenters. The lowest BCUT2D eigenvalue weighted by molar-refractivity contribution is -0.143. The maximum atomic E-state index is 12.3. The maximum Gasteiger partial charge on any atom is 0.316 e. The van der Waals surface area contributed by atoms with Crippen LogP contribution in [-0.2, 0) is 16.0 Å². The van der Waals surface area contributed by atoms with Crippen LogP contribution in [0.15, 0.2) is 41.8 Å². The molecule has 0 spiro atoms. The van der Waals surface area contributed by atoms with Gasteiger partial charge < -0.3 is 9.84 Å². The van der Waals surface area contributed by atoms with Gasteiger partial charge in [-0.05, 0) is 35.6 Å². The monoisotopic (exact) mass is 290 g/mol. The Morgan fingerprint density at radius 2 is 1.95 bits per heavy atom. The van der Waals surface area contributed by atoms with E-state index in [1.165, 1.54) is 30.6 Å². The average Bonchev–Trinajstić information content (AvgIpc) is 2.99. The molecule has 0 fully saturated rings. The highest BCUT2D eigenvalue weighted by atomic mass is 32.1. The number of esters is 1. The predicted octanol–water partition coefficient (Wildman–Crippen LogP) is 2.67. The smallest absolute Gasteiger partial charge is 0.316 e. The van der Waals surface area contributed by atoms with E-state index < -0.39 is 11.9 Å². The molecule has 1 aromatic carbocycles. The number of ketones is 1. The van der Waals surface area contributed by atoms with E-state index in [4.69, 9.17) is 4.74 Å². The van der Waals surface area contributed by atoms with Crippen molar-refractivity contribution in [3.05, 3.63) is 52.2 Å². The first kappa shape index (κ1) is 14.3. The Bertz CT molecular complexity index is 587. The van der Waals surface area contributed by atoms with E-state index in [9.17, 15) is 14.7 Å². The van der Waals surface area contributed by atoms with Crippen molar-refractivity contribution in [2.45, 2.75) is 6.42 Å². The summed E-state index contributed by atoms with van der Waals surface area (Å²) in [7, 11) is 1.27. The van der Waals surface area contributed by atoms with Gasteiger partial charge in [-0.15, -0.1) is 11.3 Å². The van der Waals surface area contributed by atoms with Crippen LogP contribution in [0.2, 0.25) is 0 Å². The summed E-state index contributed by atoms with van der Waals surface area (Å²) >= 11 is 1.30. The number of ether oxygens (including phenoxy) is 1. The summed E-state index contributed by atoms with van der Waals surface area (Å²) in [4.78, 5) is 24.7. The molecule has 2 aromatic rings. The summed E-state index contributed by atoms with van der Waals surface area (Å²) in [5.74, 6) is -1.49. The number of Topliss-reactive ketones (excluding diaryl/α,β-unsaturated/α-hetero) is 1. The standard InChI is InChI=1S/C15H14O4S/c1-19-15(18)12(14(17)13-3-2-8-20-13)9-10-4-6-11(16)7-5-10/h2-8,12,16H,9H2,1H3. The third-order valence-electron chi connectivity index (χ3n) is 2.94. The van der Waals surface area contributed by atoms with Crippen LogP contribution in [0, 0.1) is 5.92 Å². The number of benzene rings is 1. The van der Waals surface area contributed by atoms with Crippen LogP contribution in [0.25, 0.3) is 0 Å². The number of carbonyl (C=O) groups excluding carboxylic acids is 2. The third-order valence-corrected chi connectivity index (χ3v) is 3.83. The molecule has 0 aliphatic carbocycles. The van der Waals surface area contributed by atoms with Crippen LogP contribution in [0.3, 0.4) is 0 Å². The first-order chi connectivity index (χ1) is 9.61. The Labute approximate surface area is 120 Å². The zero-order chi connectivity index (χ0) is 14.5. The zero-order valence-electron chi connectivity index (χ0n) is 10.9. The normalized spacial score (nSPS) is 11.8. The van der Waals surface area contributed by atoms with Gasteiger partial charge in [0, 0.05) is 0 Å². The number of hydrogen-bond acceptors (Lipinski definition) is 5. The zero-order valence-corrected chi connectivity index (χ0v) is 11.7. The molecule has 0 radical (unpaired) electrons. The predicted molar refractivity (Wildman–Crippen MR) is 76.0 cm³/mol. The minimum Gasteiger partial charge on any atom is -0.508 e. The molecule has 0 aliphatic heterocycles. The topological polar surface area (TPSA) is 63.6 Å². The van der Waals surface area contributed by atoms with E-state index in [0.717, 1.165) is 5.56 Å². The Hall–Kier alpha value is -2.14. The highest BCUT2D eigenvalue weighted by Gasteiger charge is 2.29. The van der Waals surface area contributed by atoms with Gasteiger partial charge in [0.1, 0.15) is 11.7 Å². The van der Waals surface area contributed by atoms with Crippen LogP contribution in [0.5, 0.6) is 5.75 Å². The highest BCUT2D eigenvalue weighted by molar-refractivity contribution is 7.12. The molecule has 1 unspecified atom stereocenters. The lowest BCUT2D eigenvalue weighted by atomic mass is 9.94. The molecule has 0 amide bonds. The van der Waals surface area contributed by atoms with Crippen molar-refractivity contribution in [2.24, 2.45) is 5.92 Å². The number of carbonyl (C=O) groups is 2. The number of rotatable bonds is 5. The molecular weight excluding hydrogens is 276 g/mol. The molecule has 0 saturated heterocycles. The van der Waals surface area contributed by atoms with Gasteiger partial charge in [-0.1, -0.05) is 18.2 Å². The minimum absolute atomic E-state index is 0.146. The molecule has 0 aliphatic rings. The summed E-state index contributed by atoms with van der Waals surface area (Å²) in [6, 6.07) is 9.89. The number of hydrogen-bond donors (Lipinski definition) is 1. The second-order valence-corrected chi connectivity index (χ2v) is 5.24. The number of thiophene rings is 1. The Morgan fingerprint density at radius 3 is 2.50 bits per heavy atom. The minimum atomic E-state index is -0.858. The maximum absolute atomic E-state index is 12.3. The van der Waals surface area contributed by atoms with E-state index in [1.807, 2.05) is 0 Å². The van der Waals surface area contributed by atoms with Crippen LogP contribution in [-0.4, -0.2) is 24.0 Å². The molecular formula is C15H14O4S. The molecule has 0 bridgehead atoms. The summed E-state index contributed by atoms with van der Waals surface area (Å²) in [5.41, 5.74) is 0.795. The number of phenols is 1. The van der Waals surface area contributed by atoms with Gasteiger partial charge in [-0.3, -0.25) is 9.59 Å². The summed E-state index contributed by atoms with van der Waals surface area (Å²) in [6.07, 6.45) is 0.254. The first-order valence-electron chi connectivity index (χ1n) is 6.05. The van der Waals surface area contributed by atoms with Crippen LogP contribution in [0.1, 0.15) is 15.2 Å². The first-order valence-corrected chi connectivity index (χ1v) is 6.93. The Kier molecular flexibility index (Phi) is 4.53. The number of phenolic OH excluding ortho intramolecular Hbond substituents is 1. The second kappa shape index (κ2) is 6.34. The van der Waals surface area contributed by atoms with E-state index in [1.54, 1.807) is 29.6 Å². The SMILES string of the molecule is COC(=O)C(Cc1ccc(O)cc1)C(=O)c1cccs1. The van der Waals surface area contributed by atoms with Crippen molar-refractivity contribution >= 4 is 23.1 Å². The van der Waals surface area contributed by atoms with Crippen molar-refractivity contribution in [3.63, 3.8) is 0 Å². The summed E-state index contributed by atoms with van der Waals surface area (Å²) < 4.78 is 4.72. The molecule has 0 saturated carbocycles. The fourth-order valence-electron chi connectivity index (χ4n) is 1.88. The quantitative estimate of drug-likeness (QED) is 0.522. The second-order valence-electron chi connectivity index (χ2n) is 4.29. The number of aromatic hydroxyl groups is 1. The van der Waals surface area contributed by atoms with Gasteiger partial charge in [0.15, 0.2) is 5.78 Å². The lowest BCUT2D eigenvalue weighted by Crippen LogP contribution is -2.27. The molecule has 4 nitrogen and oxygen atoms in total. The van der Waals surface area contributed by atoms with Crippen molar-refractivity contribution < 1.29 is 19.4 Å². The molecule has 104 valence electrons. The average molecular weight is 290 g/mol. The van der Waals surface area contributed by atoms with Crippen molar-refractivity contribution in [2.75, 3.05) is 7.11 Å². The third kappa shape index (κ3) is 3.24. The fraction of sp³-hybridized carbons (Fsp3) is 0.200. The van der Waals surface area contributed by atoms with Gasteiger partial charge in [-0.25, -0.2) is 0 Å². The molecule has 1 heterocycles. The lowest BCUT2D eigenvalue weighted by Gasteiger charge is -2.12. The van der Waals surface area contributed by atoms with Crippen LogP contribution in [0.4, 0.5) is 0 Å². The van der Waals surface area contributed by atoms with Gasteiger partial charge in [0.25, 0.3) is 0 Å². The van der Waals surface area contributed by atoms with Gasteiger partial charge in [0.05, 0.1) is 12.0 Å². The van der Waals surface area contributed by atoms with E-state index in [2.05, 4.69) is 0 Å². The summed E-state index contributed by atoms with van der Waals surface area (Å²) in [6.45, 7) is 0. The van der Waals surface area contributed by atoms with Gasteiger partial charge >= 0.3 is 5.97 Å². The molecule has 1 N–H and O–H groups in total. The van der Waals surface area contributed by atoms with Crippen molar-refractivity contribution in [1.29, 1.82) is 0 Å². The fourth-order valence-corrected chi connectivity index (χ4v) is 2.60. The largest absolute Gasteiger partial charge is 0.508 e. The van der Waals surface area contributed by atoms with Gasteiger partial charge in [-0.2, -0.15) is 0 Å². The molecule has 5 heteroatoms. The van der Waals surface area contributed by atoms with Gasteiger partial charge in [0.2, 0.25) is 0 Å². The van der Waals surface area contributed by atoms with Crippen LogP contribution < -0.4 is 0 Å². The van der Waals surface area contributed by atoms with Crippen LogP contribution >= 0.6 is 11.3 Å². The van der Waals surface area contributed by atoms with E-state index >= 15 is 0 Å². The molecule has 20 heavy (non-hydrogen) atoms. The summed E-state index contributed by atoms with van der Waals surface area (Å²) in [5, 5.41) is 11.0. The highest BCUT2D eigenvalue weighted by Crippen LogP contribution is 2.20. The Balaban J connectivity index is 2.22. The van der Waals surface area contributed by atoms with Crippen molar-refractivity contribution in [1.82, 2.24) is 0 Å². The van der Waals surface area contributed by atoms with E-state index in [0.29, 0.717) is 4.88 Å². The molecule has 2 rings (SSSR count). The Morgan fingerprint density at radius 1 is 1.25 bits per heavy atom. The number of methoxy groups -OCH3 is 1. The van der Waals surface area contributed by atoms with Crippen molar-refractivity contribution in [3.8, 4) is 5.75 Å².